The van der Waals surface area contributed by atoms with Crippen LogP contribution in [-0.2, 0) is 12.0 Å². The molecule has 0 saturated carbocycles. The molecular formula is C41H33N3O. The van der Waals surface area contributed by atoms with Gasteiger partial charge in [0.25, 0.3) is 0 Å². The second-order valence-electron chi connectivity index (χ2n) is 12.1. The minimum atomic E-state index is -0.172. The van der Waals surface area contributed by atoms with Gasteiger partial charge in [-0.05, 0) is 74.2 Å². The third-order valence-electron chi connectivity index (χ3n) is 8.23. The highest BCUT2D eigenvalue weighted by atomic mass is 16.3. The number of aliphatic hydroxyl groups is 1. The molecular weight excluding hydrogens is 550 g/mol. The van der Waals surface area contributed by atoms with Gasteiger partial charge in [-0.3, -0.25) is 0 Å². The second kappa shape index (κ2) is 12.1. The van der Waals surface area contributed by atoms with Gasteiger partial charge in [-0.1, -0.05) is 118 Å². The zero-order chi connectivity index (χ0) is 31.6. The maximum absolute atomic E-state index is 9.99. The Labute approximate surface area is 264 Å². The average Bonchev–Trinajstić information content (AvgIpc) is 3.07. The van der Waals surface area contributed by atoms with Crippen molar-refractivity contribution in [1.29, 1.82) is 5.26 Å². The highest BCUT2D eigenvalue weighted by Crippen LogP contribution is 2.40. The highest BCUT2D eigenvalue weighted by molar-refractivity contribution is 6.03. The van der Waals surface area contributed by atoms with Crippen molar-refractivity contribution in [3.05, 3.63) is 154 Å². The third-order valence-corrected chi connectivity index (χ3v) is 8.23. The predicted octanol–water partition coefficient (Wildman–Crippen LogP) is 10.8. The summed E-state index contributed by atoms with van der Waals surface area (Å²) in [5, 5.41) is 23.5. The molecule has 6 aromatic rings. The Morgan fingerprint density at radius 1 is 0.756 bits per heavy atom. The summed E-state index contributed by atoms with van der Waals surface area (Å²) in [4.78, 5) is 6.12. The van der Waals surface area contributed by atoms with Crippen molar-refractivity contribution >= 4 is 56.4 Å². The van der Waals surface area contributed by atoms with E-state index in [9.17, 15) is 10.4 Å². The lowest BCUT2D eigenvalue weighted by Crippen LogP contribution is -2.13. The molecule has 0 unspecified atom stereocenters. The fourth-order valence-corrected chi connectivity index (χ4v) is 5.91. The summed E-state index contributed by atoms with van der Waals surface area (Å²) in [5.41, 5.74) is 7.75. The van der Waals surface area contributed by atoms with Crippen molar-refractivity contribution < 1.29 is 5.11 Å². The summed E-state index contributed by atoms with van der Waals surface area (Å²) in [6.07, 6.45) is 3.99. The zero-order valence-corrected chi connectivity index (χ0v) is 25.6. The lowest BCUT2D eigenvalue weighted by molar-refractivity contribution is 0.282. The molecule has 218 valence electrons. The highest BCUT2D eigenvalue weighted by Gasteiger charge is 2.21. The number of benzene rings is 6. The van der Waals surface area contributed by atoms with Gasteiger partial charge in [0.1, 0.15) is 6.07 Å². The molecule has 0 radical (unpaired) electrons. The lowest BCUT2D eigenvalue weighted by Gasteiger charge is -2.27. The molecule has 0 heterocycles. The Kier molecular flexibility index (Phi) is 7.93. The fraction of sp³-hybridized carbons (Fsp3) is 0.122. The molecule has 0 amide bonds. The van der Waals surface area contributed by atoms with Gasteiger partial charge in [0.05, 0.1) is 24.4 Å². The minimum absolute atomic E-state index is 0.000554. The molecule has 4 heteroatoms. The maximum atomic E-state index is 9.99. The van der Waals surface area contributed by atoms with Crippen molar-refractivity contribution in [2.45, 2.75) is 32.8 Å². The Balaban J connectivity index is 1.37. The fourth-order valence-electron chi connectivity index (χ4n) is 5.91. The van der Waals surface area contributed by atoms with Crippen LogP contribution in [0.1, 0.15) is 48.6 Å². The van der Waals surface area contributed by atoms with Crippen LogP contribution in [0.25, 0.3) is 38.5 Å². The number of nitrogens with zero attached hydrogens (tertiary/aromatic N) is 3. The smallest absolute Gasteiger partial charge is 0.202 e. The van der Waals surface area contributed by atoms with Crippen LogP contribution in [0.5, 0.6) is 0 Å². The van der Waals surface area contributed by atoms with E-state index in [1.807, 2.05) is 66.7 Å². The monoisotopic (exact) mass is 583 g/mol. The first kappa shape index (κ1) is 29.4. The molecule has 0 aliphatic rings. The molecule has 45 heavy (non-hydrogen) atoms. The summed E-state index contributed by atoms with van der Waals surface area (Å²) in [6, 6.07) is 41.3. The molecule has 0 aromatic heterocycles. The van der Waals surface area contributed by atoms with Gasteiger partial charge in [0.15, 0.2) is 0 Å². The number of rotatable bonds is 6. The first-order valence-corrected chi connectivity index (χ1v) is 15.0. The average molecular weight is 584 g/mol. The maximum Gasteiger partial charge on any atom is 0.202 e. The van der Waals surface area contributed by atoms with Crippen molar-refractivity contribution in [1.82, 2.24) is 0 Å². The van der Waals surface area contributed by atoms with Gasteiger partial charge in [-0.15, -0.1) is 0 Å². The van der Waals surface area contributed by atoms with Crippen LogP contribution in [-0.4, -0.2) is 5.11 Å². The van der Waals surface area contributed by atoms with Gasteiger partial charge < -0.3 is 10.0 Å². The van der Waals surface area contributed by atoms with Crippen molar-refractivity contribution in [2.75, 3.05) is 4.90 Å². The summed E-state index contributed by atoms with van der Waals surface area (Å²) >= 11 is 0. The summed E-state index contributed by atoms with van der Waals surface area (Å²) in [6.45, 7) is 14.3. The third kappa shape index (κ3) is 5.68. The Morgan fingerprint density at radius 3 is 2.09 bits per heavy atom. The number of nitriles is 1. The Hall–Kier alpha value is -5.68. The van der Waals surface area contributed by atoms with E-state index in [0.29, 0.717) is 11.3 Å². The molecule has 0 spiro atoms. The molecule has 4 nitrogen and oxygen atoms in total. The summed E-state index contributed by atoms with van der Waals surface area (Å²) in [5.74, 6) is 0. The van der Waals surface area contributed by atoms with Crippen LogP contribution in [0.15, 0.2) is 115 Å². The van der Waals surface area contributed by atoms with Crippen LogP contribution >= 0.6 is 0 Å². The molecule has 0 saturated heterocycles. The number of hydrogen-bond acceptors (Lipinski definition) is 3. The van der Waals surface area contributed by atoms with Crippen molar-refractivity contribution in [3.8, 4) is 6.07 Å². The number of anilines is 3. The molecule has 0 aliphatic heterocycles. The normalized spacial score (nSPS) is 11.5. The van der Waals surface area contributed by atoms with Gasteiger partial charge in [0, 0.05) is 16.8 Å². The molecule has 0 atom stereocenters. The second-order valence-corrected chi connectivity index (χ2v) is 12.1. The molecule has 0 fully saturated rings. The Morgan fingerprint density at radius 2 is 1.42 bits per heavy atom. The molecule has 6 rings (SSSR count). The van der Waals surface area contributed by atoms with E-state index in [1.165, 1.54) is 0 Å². The van der Waals surface area contributed by atoms with Crippen molar-refractivity contribution in [3.63, 3.8) is 0 Å². The van der Waals surface area contributed by atoms with Crippen LogP contribution in [0, 0.1) is 17.9 Å². The van der Waals surface area contributed by atoms with Crippen LogP contribution in [0.4, 0.5) is 22.7 Å². The molecule has 1 N–H and O–H groups in total. The Bertz CT molecular complexity index is 2130. The SMILES string of the molecule is [C-]#[N+]c1c(C=Cc2ccc(N(c3ccc(CO)cc3)c3cccc4ccccc34)cc2)ccc2c(C#N)c(C(C)(C)C)ccc12. The standard InChI is InChI=1S/C41H33N3O/c1-41(2,3)38-25-24-36-35(37(38)26-42)23-18-31(40(36)43-4)17-12-28-13-19-32(20-14-28)44(33-21-15-29(27-45)16-22-33)39-11-7-9-30-8-5-6-10-34(30)39/h5-25,45H,27H2,1-3H3. The molecule has 6 aromatic carbocycles. The van der Waals surface area contributed by atoms with Gasteiger partial charge in [0.2, 0.25) is 5.69 Å². The van der Waals surface area contributed by atoms with E-state index in [2.05, 4.69) is 97.2 Å². The number of fused-ring (bicyclic) bond motifs is 2. The van der Waals surface area contributed by atoms with Crippen molar-refractivity contribution in [2.24, 2.45) is 0 Å². The minimum Gasteiger partial charge on any atom is -0.392 e. The number of aliphatic hydroxyl groups excluding tert-OH is 1. The van der Waals surface area contributed by atoms with E-state index in [-0.39, 0.29) is 12.0 Å². The molecule has 0 aliphatic carbocycles. The number of hydrogen-bond donors (Lipinski definition) is 1. The van der Waals surface area contributed by atoms with Crippen LogP contribution in [0.3, 0.4) is 0 Å². The topological polar surface area (TPSA) is 51.6 Å². The zero-order valence-electron chi connectivity index (χ0n) is 25.6. The molecule has 0 bridgehead atoms. The van der Waals surface area contributed by atoms with E-state index in [0.717, 1.165) is 60.9 Å². The van der Waals surface area contributed by atoms with E-state index >= 15 is 0 Å². The van der Waals surface area contributed by atoms with E-state index in [1.54, 1.807) is 0 Å². The van der Waals surface area contributed by atoms with E-state index < -0.39 is 0 Å². The lowest BCUT2D eigenvalue weighted by atomic mass is 9.82. The van der Waals surface area contributed by atoms with Gasteiger partial charge in [-0.2, -0.15) is 5.26 Å². The predicted molar refractivity (Wildman–Crippen MR) is 187 cm³/mol. The first-order chi connectivity index (χ1) is 21.8. The van der Waals surface area contributed by atoms with E-state index in [4.69, 9.17) is 6.57 Å². The van der Waals surface area contributed by atoms with Gasteiger partial charge >= 0.3 is 0 Å². The summed E-state index contributed by atoms with van der Waals surface area (Å²) in [7, 11) is 0. The van der Waals surface area contributed by atoms with Crippen LogP contribution < -0.4 is 4.90 Å². The first-order valence-electron chi connectivity index (χ1n) is 15.0. The summed E-state index contributed by atoms with van der Waals surface area (Å²) < 4.78 is 0. The quantitative estimate of drug-likeness (QED) is 0.157. The largest absolute Gasteiger partial charge is 0.392 e. The van der Waals surface area contributed by atoms with Gasteiger partial charge in [-0.25, -0.2) is 4.85 Å². The van der Waals surface area contributed by atoms with Crippen LogP contribution in [0.2, 0.25) is 0 Å².